The molecule has 0 aliphatic carbocycles. The fourth-order valence-electron chi connectivity index (χ4n) is 1.76. The average molecular weight is 322 g/mol. The zero-order chi connectivity index (χ0) is 15.5. The lowest BCUT2D eigenvalue weighted by Gasteiger charge is -2.18. The van der Waals surface area contributed by atoms with Crippen LogP contribution in [0.25, 0.3) is 6.08 Å². The van der Waals surface area contributed by atoms with Gasteiger partial charge in [0.15, 0.2) is 0 Å². The first-order chi connectivity index (χ1) is 9.91. The van der Waals surface area contributed by atoms with E-state index in [1.807, 2.05) is 37.3 Å². The first-order valence-electron chi connectivity index (χ1n) is 6.39. The smallest absolute Gasteiger partial charge is 0.259 e. The minimum atomic E-state index is -3.64. The Bertz CT molecular complexity index is 738. The van der Waals surface area contributed by atoms with Crippen LogP contribution in [0.1, 0.15) is 11.1 Å². The van der Waals surface area contributed by atoms with Crippen LogP contribution in [-0.4, -0.2) is 19.8 Å². The standard InChI is InChI=1S/C16H16ClNO2S/c1-13-8-10-15(11-9-13)21(19,20)18(2)16(17)12-14-6-4-3-5-7-14/h3-12H,1-2H3/b16-12-. The third kappa shape index (κ3) is 3.65. The van der Waals surface area contributed by atoms with E-state index in [0.29, 0.717) is 0 Å². The summed E-state index contributed by atoms with van der Waals surface area (Å²) in [7, 11) is -2.20. The molecule has 2 rings (SSSR count). The Morgan fingerprint density at radius 1 is 1.05 bits per heavy atom. The maximum Gasteiger partial charge on any atom is 0.264 e. The van der Waals surface area contributed by atoms with E-state index in [9.17, 15) is 8.42 Å². The van der Waals surface area contributed by atoms with Crippen molar-refractivity contribution in [2.45, 2.75) is 11.8 Å². The monoisotopic (exact) mass is 321 g/mol. The zero-order valence-electron chi connectivity index (χ0n) is 11.8. The van der Waals surface area contributed by atoms with Crippen molar-refractivity contribution in [2.75, 3.05) is 7.05 Å². The van der Waals surface area contributed by atoms with Gasteiger partial charge in [-0.2, -0.15) is 0 Å². The number of hydrogen-bond donors (Lipinski definition) is 0. The van der Waals surface area contributed by atoms with Gasteiger partial charge in [-0.1, -0.05) is 59.6 Å². The summed E-state index contributed by atoms with van der Waals surface area (Å²) >= 11 is 6.14. The molecule has 110 valence electrons. The van der Waals surface area contributed by atoms with E-state index in [4.69, 9.17) is 11.6 Å². The highest BCUT2D eigenvalue weighted by Gasteiger charge is 2.21. The van der Waals surface area contributed by atoms with E-state index in [0.717, 1.165) is 15.4 Å². The van der Waals surface area contributed by atoms with Gasteiger partial charge in [0.05, 0.1) is 4.90 Å². The number of aryl methyl sites for hydroxylation is 1. The Hall–Kier alpha value is -1.78. The summed E-state index contributed by atoms with van der Waals surface area (Å²) in [6, 6.07) is 16.0. The normalized spacial score (nSPS) is 12.2. The van der Waals surface area contributed by atoms with Crippen molar-refractivity contribution in [3.63, 3.8) is 0 Å². The Morgan fingerprint density at radius 3 is 2.19 bits per heavy atom. The van der Waals surface area contributed by atoms with E-state index < -0.39 is 10.0 Å². The third-order valence-electron chi connectivity index (χ3n) is 3.07. The van der Waals surface area contributed by atoms with Crippen molar-refractivity contribution < 1.29 is 8.42 Å². The van der Waals surface area contributed by atoms with Crippen LogP contribution in [0, 0.1) is 6.92 Å². The van der Waals surface area contributed by atoms with Gasteiger partial charge in [-0.05, 0) is 30.7 Å². The van der Waals surface area contributed by atoms with E-state index in [1.54, 1.807) is 30.3 Å². The van der Waals surface area contributed by atoms with E-state index in [-0.39, 0.29) is 10.1 Å². The maximum atomic E-state index is 12.5. The van der Waals surface area contributed by atoms with Gasteiger partial charge in [-0.25, -0.2) is 8.42 Å². The summed E-state index contributed by atoms with van der Waals surface area (Å²) in [6.07, 6.45) is 1.62. The number of hydrogen-bond acceptors (Lipinski definition) is 2. The van der Waals surface area contributed by atoms with Crippen LogP contribution in [0.5, 0.6) is 0 Å². The molecular formula is C16H16ClNO2S. The van der Waals surface area contributed by atoms with Gasteiger partial charge in [0.1, 0.15) is 5.16 Å². The molecule has 0 heterocycles. The van der Waals surface area contributed by atoms with Crippen LogP contribution < -0.4 is 0 Å². The summed E-state index contributed by atoms with van der Waals surface area (Å²) in [5, 5.41) is 0.141. The second kappa shape index (κ2) is 6.33. The number of nitrogens with zero attached hydrogens (tertiary/aromatic N) is 1. The first kappa shape index (κ1) is 15.6. The van der Waals surface area contributed by atoms with Gasteiger partial charge in [-0.15, -0.1) is 0 Å². The average Bonchev–Trinajstić information content (AvgIpc) is 2.48. The van der Waals surface area contributed by atoms with Crippen LogP contribution in [0.2, 0.25) is 0 Å². The van der Waals surface area contributed by atoms with Crippen LogP contribution in [-0.2, 0) is 10.0 Å². The van der Waals surface area contributed by atoms with Crippen molar-refractivity contribution in [3.8, 4) is 0 Å². The molecular weight excluding hydrogens is 306 g/mol. The number of benzene rings is 2. The summed E-state index contributed by atoms with van der Waals surface area (Å²) in [5.41, 5.74) is 1.84. The van der Waals surface area contributed by atoms with Crippen molar-refractivity contribution >= 4 is 27.7 Å². The highest BCUT2D eigenvalue weighted by Crippen LogP contribution is 2.22. The molecule has 5 heteroatoms. The quantitative estimate of drug-likeness (QED) is 0.802. The summed E-state index contributed by atoms with van der Waals surface area (Å²) < 4.78 is 26.0. The second-order valence-electron chi connectivity index (χ2n) is 4.66. The lowest BCUT2D eigenvalue weighted by Crippen LogP contribution is -2.24. The molecule has 21 heavy (non-hydrogen) atoms. The Morgan fingerprint density at radius 2 is 1.62 bits per heavy atom. The van der Waals surface area contributed by atoms with Gasteiger partial charge in [0.25, 0.3) is 10.0 Å². The van der Waals surface area contributed by atoms with Crippen LogP contribution in [0.4, 0.5) is 0 Å². The van der Waals surface area contributed by atoms with Gasteiger partial charge in [0.2, 0.25) is 0 Å². The second-order valence-corrected chi connectivity index (χ2v) is 7.02. The minimum Gasteiger partial charge on any atom is -0.259 e. The Kier molecular flexibility index (Phi) is 4.70. The number of sulfonamides is 1. The molecule has 0 radical (unpaired) electrons. The summed E-state index contributed by atoms with van der Waals surface area (Å²) in [6.45, 7) is 1.91. The molecule has 3 nitrogen and oxygen atoms in total. The summed E-state index contributed by atoms with van der Waals surface area (Å²) in [4.78, 5) is 0.218. The highest BCUT2D eigenvalue weighted by molar-refractivity contribution is 7.89. The highest BCUT2D eigenvalue weighted by atomic mass is 35.5. The molecule has 0 aromatic heterocycles. The molecule has 0 unspecified atom stereocenters. The zero-order valence-corrected chi connectivity index (χ0v) is 13.4. The fraction of sp³-hybridized carbons (Fsp3) is 0.125. The molecule has 2 aromatic rings. The Balaban J connectivity index is 2.32. The fourth-order valence-corrected chi connectivity index (χ4v) is 3.24. The largest absolute Gasteiger partial charge is 0.264 e. The van der Waals surface area contributed by atoms with Crippen molar-refractivity contribution in [1.82, 2.24) is 4.31 Å². The molecule has 0 spiro atoms. The lowest BCUT2D eigenvalue weighted by atomic mass is 10.2. The number of rotatable bonds is 4. The predicted molar refractivity (Wildman–Crippen MR) is 86.4 cm³/mol. The molecule has 0 N–H and O–H groups in total. The van der Waals surface area contributed by atoms with Gasteiger partial charge in [-0.3, -0.25) is 4.31 Å². The van der Waals surface area contributed by atoms with Crippen LogP contribution >= 0.6 is 11.6 Å². The van der Waals surface area contributed by atoms with Crippen LogP contribution in [0.3, 0.4) is 0 Å². The molecule has 2 aromatic carbocycles. The first-order valence-corrected chi connectivity index (χ1v) is 8.21. The van der Waals surface area contributed by atoms with Crippen LogP contribution in [0.15, 0.2) is 64.6 Å². The molecule has 0 bridgehead atoms. The summed E-state index contributed by atoms with van der Waals surface area (Å²) in [5.74, 6) is 0. The maximum absolute atomic E-state index is 12.5. The molecule has 0 saturated heterocycles. The molecule has 0 fully saturated rings. The number of halogens is 1. The predicted octanol–water partition coefficient (Wildman–Crippen LogP) is 3.85. The molecule has 0 amide bonds. The van der Waals surface area contributed by atoms with Crippen molar-refractivity contribution in [1.29, 1.82) is 0 Å². The van der Waals surface area contributed by atoms with Gasteiger partial charge >= 0.3 is 0 Å². The SMILES string of the molecule is Cc1ccc(S(=O)(=O)N(C)/C(Cl)=C\c2ccccc2)cc1. The van der Waals surface area contributed by atoms with Crippen molar-refractivity contribution in [2.24, 2.45) is 0 Å². The molecule has 0 aliphatic heterocycles. The molecule has 0 atom stereocenters. The van der Waals surface area contributed by atoms with E-state index in [2.05, 4.69) is 0 Å². The molecule has 0 saturated carbocycles. The van der Waals surface area contributed by atoms with Crippen molar-refractivity contribution in [3.05, 3.63) is 70.9 Å². The van der Waals surface area contributed by atoms with E-state index in [1.165, 1.54) is 7.05 Å². The minimum absolute atomic E-state index is 0.141. The van der Waals surface area contributed by atoms with E-state index >= 15 is 0 Å². The topological polar surface area (TPSA) is 37.4 Å². The molecule has 0 aliphatic rings. The lowest BCUT2D eigenvalue weighted by molar-refractivity contribution is 0.535. The van der Waals surface area contributed by atoms with Gasteiger partial charge < -0.3 is 0 Å². The Labute approximate surface area is 130 Å². The van der Waals surface area contributed by atoms with Gasteiger partial charge in [0, 0.05) is 7.05 Å². The third-order valence-corrected chi connectivity index (χ3v) is 5.31.